The number of hydrogen-bond acceptors (Lipinski definition) is 4. The number of thiocarbonyl (C=S) groups is 1. The van der Waals surface area contributed by atoms with Gasteiger partial charge in [0, 0.05) is 17.7 Å². The minimum atomic E-state index is -0.172. The Morgan fingerprint density at radius 3 is 2.17 bits per heavy atom. The first kappa shape index (κ1) is 22.6. The van der Waals surface area contributed by atoms with Gasteiger partial charge in [-0.1, -0.05) is 32.9 Å². The molecule has 1 amide bonds. The number of hydrogen-bond donors (Lipinski definition) is 2. The first-order valence-electron chi connectivity index (χ1n) is 9.60. The van der Waals surface area contributed by atoms with Gasteiger partial charge in [-0.3, -0.25) is 9.59 Å². The number of carbonyl (C=O) groups is 2. The number of benzene rings is 2. The van der Waals surface area contributed by atoms with Crippen LogP contribution < -0.4 is 15.4 Å². The summed E-state index contributed by atoms with van der Waals surface area (Å²) < 4.78 is 5.70. The molecule has 2 N–H and O–H groups in total. The zero-order valence-electron chi connectivity index (χ0n) is 17.4. The SMILES string of the molecule is CC(=O)c1ccc(NC(=S)NC(=O)CCCOc2ccc(C(C)(C)C)cc2)cc1. The summed E-state index contributed by atoms with van der Waals surface area (Å²) in [5.41, 5.74) is 2.69. The van der Waals surface area contributed by atoms with Crippen molar-refractivity contribution in [3.8, 4) is 5.75 Å². The lowest BCUT2D eigenvalue weighted by atomic mass is 9.87. The highest BCUT2D eigenvalue weighted by Gasteiger charge is 2.13. The van der Waals surface area contributed by atoms with Crippen LogP contribution in [0.15, 0.2) is 48.5 Å². The number of Topliss-reactive ketones (excluding diaryl/α,β-unsaturated/α-hetero) is 1. The van der Waals surface area contributed by atoms with E-state index < -0.39 is 0 Å². The lowest BCUT2D eigenvalue weighted by molar-refractivity contribution is -0.119. The topological polar surface area (TPSA) is 67.4 Å². The minimum Gasteiger partial charge on any atom is -0.494 e. The second-order valence-electron chi connectivity index (χ2n) is 7.86. The maximum atomic E-state index is 12.0. The first-order chi connectivity index (χ1) is 13.6. The summed E-state index contributed by atoms with van der Waals surface area (Å²) in [5.74, 6) is 0.624. The van der Waals surface area contributed by atoms with Gasteiger partial charge < -0.3 is 15.4 Å². The number of anilines is 1. The number of amides is 1. The van der Waals surface area contributed by atoms with Gasteiger partial charge in [0.15, 0.2) is 10.9 Å². The molecule has 29 heavy (non-hydrogen) atoms. The lowest BCUT2D eigenvalue weighted by Crippen LogP contribution is -2.34. The largest absolute Gasteiger partial charge is 0.494 e. The molecule has 0 spiro atoms. The molecular weight excluding hydrogens is 384 g/mol. The van der Waals surface area contributed by atoms with Crippen LogP contribution >= 0.6 is 12.2 Å². The molecule has 0 fully saturated rings. The summed E-state index contributed by atoms with van der Waals surface area (Å²) in [6, 6.07) is 14.9. The summed E-state index contributed by atoms with van der Waals surface area (Å²) in [7, 11) is 0. The van der Waals surface area contributed by atoms with Gasteiger partial charge in [-0.15, -0.1) is 0 Å². The van der Waals surface area contributed by atoms with Gasteiger partial charge in [0.05, 0.1) is 6.61 Å². The van der Waals surface area contributed by atoms with Gasteiger partial charge in [0.2, 0.25) is 5.91 Å². The van der Waals surface area contributed by atoms with E-state index in [4.69, 9.17) is 17.0 Å². The molecule has 154 valence electrons. The Balaban J connectivity index is 1.68. The van der Waals surface area contributed by atoms with Crippen molar-refractivity contribution in [2.75, 3.05) is 11.9 Å². The monoisotopic (exact) mass is 412 g/mol. The quantitative estimate of drug-likeness (QED) is 0.386. The molecule has 2 rings (SSSR count). The van der Waals surface area contributed by atoms with Crippen LogP contribution in [0.1, 0.15) is 56.5 Å². The molecule has 0 atom stereocenters. The molecule has 2 aromatic rings. The van der Waals surface area contributed by atoms with Crippen molar-refractivity contribution in [1.29, 1.82) is 0 Å². The molecule has 5 nitrogen and oxygen atoms in total. The van der Waals surface area contributed by atoms with E-state index in [0.717, 1.165) is 5.75 Å². The molecule has 6 heteroatoms. The summed E-state index contributed by atoms with van der Waals surface area (Å²) in [5, 5.41) is 5.80. The number of nitrogens with one attached hydrogen (secondary N) is 2. The Kier molecular flexibility index (Phi) is 7.91. The van der Waals surface area contributed by atoms with Crippen molar-refractivity contribution in [3.63, 3.8) is 0 Å². The average Bonchev–Trinajstić information content (AvgIpc) is 2.65. The van der Waals surface area contributed by atoms with Gasteiger partial charge in [0.25, 0.3) is 0 Å². The van der Waals surface area contributed by atoms with Gasteiger partial charge in [-0.05, 0) is 72.9 Å². The Hall–Kier alpha value is -2.73. The molecule has 0 aliphatic heterocycles. The fourth-order valence-electron chi connectivity index (χ4n) is 2.61. The second-order valence-corrected chi connectivity index (χ2v) is 8.27. The van der Waals surface area contributed by atoms with Crippen molar-refractivity contribution in [3.05, 3.63) is 59.7 Å². The molecular formula is C23H28N2O3S. The Morgan fingerprint density at radius 2 is 1.62 bits per heavy atom. The van der Waals surface area contributed by atoms with Crippen LogP contribution in [0.5, 0.6) is 5.75 Å². The average molecular weight is 413 g/mol. The zero-order valence-corrected chi connectivity index (χ0v) is 18.2. The normalized spacial score (nSPS) is 10.9. The van der Waals surface area contributed by atoms with Crippen LogP contribution in [0.4, 0.5) is 5.69 Å². The maximum Gasteiger partial charge on any atom is 0.226 e. The molecule has 0 aliphatic rings. The molecule has 0 radical (unpaired) electrons. The van der Waals surface area contributed by atoms with E-state index in [0.29, 0.717) is 30.7 Å². The smallest absolute Gasteiger partial charge is 0.226 e. The fraction of sp³-hybridized carbons (Fsp3) is 0.348. The summed E-state index contributed by atoms with van der Waals surface area (Å²) >= 11 is 5.15. The predicted molar refractivity (Wildman–Crippen MR) is 121 cm³/mol. The highest BCUT2D eigenvalue weighted by Crippen LogP contribution is 2.24. The van der Waals surface area contributed by atoms with Gasteiger partial charge in [-0.25, -0.2) is 0 Å². The minimum absolute atomic E-state index is 0.000191. The van der Waals surface area contributed by atoms with Crippen LogP contribution in [0, 0.1) is 0 Å². The Bertz CT molecular complexity index is 853. The Morgan fingerprint density at radius 1 is 1.00 bits per heavy atom. The van der Waals surface area contributed by atoms with Crippen molar-refractivity contribution >= 4 is 34.7 Å². The van der Waals surface area contributed by atoms with E-state index in [1.807, 2.05) is 12.1 Å². The van der Waals surface area contributed by atoms with Crippen LogP contribution in [-0.4, -0.2) is 23.4 Å². The molecule has 0 saturated carbocycles. The Labute approximate surface area is 177 Å². The number of rotatable bonds is 7. The van der Waals surface area contributed by atoms with Gasteiger partial charge in [-0.2, -0.15) is 0 Å². The first-order valence-corrected chi connectivity index (χ1v) is 10.0. The van der Waals surface area contributed by atoms with Crippen molar-refractivity contribution in [1.82, 2.24) is 5.32 Å². The van der Waals surface area contributed by atoms with Crippen LogP contribution in [-0.2, 0) is 10.2 Å². The molecule has 2 aromatic carbocycles. The second kappa shape index (κ2) is 10.2. The number of ether oxygens (including phenoxy) is 1. The van der Waals surface area contributed by atoms with Crippen LogP contribution in [0.25, 0.3) is 0 Å². The summed E-state index contributed by atoms with van der Waals surface area (Å²) in [6.45, 7) is 8.47. The molecule has 0 bridgehead atoms. The lowest BCUT2D eigenvalue weighted by Gasteiger charge is -2.19. The summed E-state index contributed by atoms with van der Waals surface area (Å²) in [6.07, 6.45) is 0.897. The van der Waals surface area contributed by atoms with E-state index >= 15 is 0 Å². The van der Waals surface area contributed by atoms with E-state index in [1.165, 1.54) is 12.5 Å². The highest BCUT2D eigenvalue weighted by atomic mass is 32.1. The van der Waals surface area contributed by atoms with E-state index in [1.54, 1.807) is 24.3 Å². The third kappa shape index (κ3) is 7.66. The highest BCUT2D eigenvalue weighted by molar-refractivity contribution is 7.80. The number of carbonyl (C=O) groups excluding carboxylic acids is 2. The molecule has 0 aromatic heterocycles. The van der Waals surface area contributed by atoms with Gasteiger partial charge in [0.1, 0.15) is 5.75 Å². The fourth-order valence-corrected chi connectivity index (χ4v) is 2.85. The van der Waals surface area contributed by atoms with Crippen molar-refractivity contribution in [2.24, 2.45) is 0 Å². The predicted octanol–water partition coefficient (Wildman–Crippen LogP) is 4.86. The zero-order chi connectivity index (χ0) is 21.4. The van der Waals surface area contributed by atoms with Crippen molar-refractivity contribution < 1.29 is 14.3 Å². The van der Waals surface area contributed by atoms with E-state index in [2.05, 4.69) is 43.5 Å². The third-order valence-electron chi connectivity index (χ3n) is 4.34. The summed E-state index contributed by atoms with van der Waals surface area (Å²) in [4.78, 5) is 23.3. The van der Waals surface area contributed by atoms with Crippen LogP contribution in [0.3, 0.4) is 0 Å². The molecule has 0 saturated heterocycles. The van der Waals surface area contributed by atoms with Crippen LogP contribution in [0.2, 0.25) is 0 Å². The molecule has 0 unspecified atom stereocenters. The molecule has 0 heterocycles. The third-order valence-corrected chi connectivity index (χ3v) is 4.54. The van der Waals surface area contributed by atoms with E-state index in [9.17, 15) is 9.59 Å². The maximum absolute atomic E-state index is 12.0. The number of ketones is 1. The standard InChI is InChI=1S/C23H28N2O3S/c1-16(26)17-7-11-19(12-8-17)24-22(29)25-21(27)6-5-15-28-20-13-9-18(10-14-20)23(2,3)4/h7-14H,5-6,15H2,1-4H3,(H2,24,25,27,29). The van der Waals surface area contributed by atoms with Crippen molar-refractivity contribution in [2.45, 2.75) is 46.0 Å². The van der Waals surface area contributed by atoms with Gasteiger partial charge >= 0.3 is 0 Å². The molecule has 0 aliphatic carbocycles. The van der Waals surface area contributed by atoms with E-state index in [-0.39, 0.29) is 22.2 Å².